The maximum Gasteiger partial charge on any atom is 0.308 e. The molecule has 0 bridgehead atoms. The number of nitrogens with zero attached hydrogens (tertiary/aromatic N) is 1. The molecule has 32 heavy (non-hydrogen) atoms. The fourth-order valence-corrected chi connectivity index (χ4v) is 7.25. The van der Waals surface area contributed by atoms with E-state index in [4.69, 9.17) is 11.6 Å². The van der Waals surface area contributed by atoms with Gasteiger partial charge in [0.2, 0.25) is 10.0 Å². The van der Waals surface area contributed by atoms with E-state index in [2.05, 4.69) is 6.92 Å². The second-order valence-corrected chi connectivity index (χ2v) is 11.9. The first kappa shape index (κ1) is 25.1. The zero-order chi connectivity index (χ0) is 23.3. The SMILES string of the molecule is CCCCCS[C@@H]1C[C@@H](c2ccc(C)cc2)N(S(=O)(=O)c2ccc(Cl)cc2)C[C@H]1C(=O)O. The van der Waals surface area contributed by atoms with Crippen LogP contribution in [0.3, 0.4) is 0 Å². The molecule has 1 aliphatic rings. The highest BCUT2D eigenvalue weighted by Gasteiger charge is 2.45. The number of aryl methyl sites for hydroxylation is 1. The van der Waals surface area contributed by atoms with Gasteiger partial charge < -0.3 is 5.11 Å². The van der Waals surface area contributed by atoms with Crippen molar-refractivity contribution in [2.24, 2.45) is 5.92 Å². The summed E-state index contributed by atoms with van der Waals surface area (Å²) in [6.07, 6.45) is 3.71. The predicted octanol–water partition coefficient (Wildman–Crippen LogP) is 5.78. The van der Waals surface area contributed by atoms with E-state index in [9.17, 15) is 18.3 Å². The molecule has 3 rings (SSSR count). The molecule has 0 amide bonds. The number of carbonyl (C=O) groups is 1. The first-order chi connectivity index (χ1) is 15.2. The van der Waals surface area contributed by atoms with Crippen LogP contribution in [0.4, 0.5) is 0 Å². The van der Waals surface area contributed by atoms with Crippen molar-refractivity contribution in [2.75, 3.05) is 12.3 Å². The van der Waals surface area contributed by atoms with Crippen molar-refractivity contribution in [2.45, 2.75) is 55.7 Å². The lowest BCUT2D eigenvalue weighted by molar-refractivity contribution is -0.143. The zero-order valence-electron chi connectivity index (χ0n) is 18.4. The second kappa shape index (κ2) is 11.1. The molecule has 0 saturated carbocycles. The van der Waals surface area contributed by atoms with E-state index >= 15 is 0 Å². The van der Waals surface area contributed by atoms with Gasteiger partial charge in [0, 0.05) is 16.8 Å². The second-order valence-electron chi connectivity index (χ2n) is 8.25. The number of halogens is 1. The van der Waals surface area contributed by atoms with Gasteiger partial charge in [0.05, 0.1) is 16.9 Å². The van der Waals surface area contributed by atoms with Crippen LogP contribution >= 0.6 is 23.4 Å². The maximum atomic E-state index is 13.6. The summed E-state index contributed by atoms with van der Waals surface area (Å²) in [7, 11) is -3.90. The summed E-state index contributed by atoms with van der Waals surface area (Å²) in [5, 5.41) is 10.2. The molecule has 0 unspecified atom stereocenters. The molecule has 1 aliphatic heterocycles. The van der Waals surface area contributed by atoms with Gasteiger partial charge in [-0.3, -0.25) is 4.79 Å². The highest BCUT2D eigenvalue weighted by molar-refractivity contribution is 7.99. The molecule has 174 valence electrons. The van der Waals surface area contributed by atoms with E-state index in [1.807, 2.05) is 31.2 Å². The molecule has 3 atom stereocenters. The normalized spacial score (nSPS) is 22.0. The molecular weight excluding hydrogens is 466 g/mol. The highest BCUT2D eigenvalue weighted by Crippen LogP contribution is 2.42. The van der Waals surface area contributed by atoms with Crippen molar-refractivity contribution >= 4 is 39.4 Å². The van der Waals surface area contributed by atoms with Crippen molar-refractivity contribution in [1.29, 1.82) is 0 Å². The van der Waals surface area contributed by atoms with E-state index < -0.39 is 28.0 Å². The van der Waals surface area contributed by atoms with Crippen LogP contribution in [0.25, 0.3) is 0 Å². The Morgan fingerprint density at radius 2 is 1.78 bits per heavy atom. The maximum absolute atomic E-state index is 13.6. The molecule has 1 saturated heterocycles. The van der Waals surface area contributed by atoms with Crippen LogP contribution in [0.15, 0.2) is 53.4 Å². The molecule has 0 aromatic heterocycles. The Hall–Kier alpha value is -1.54. The van der Waals surface area contributed by atoms with E-state index in [0.717, 1.165) is 36.1 Å². The van der Waals surface area contributed by atoms with Crippen LogP contribution in [-0.2, 0) is 14.8 Å². The van der Waals surface area contributed by atoms with Crippen LogP contribution in [0.1, 0.15) is 49.8 Å². The Kier molecular flexibility index (Phi) is 8.67. The zero-order valence-corrected chi connectivity index (χ0v) is 20.8. The Balaban J connectivity index is 1.98. The van der Waals surface area contributed by atoms with E-state index in [0.29, 0.717) is 11.4 Å². The number of thioether (sulfide) groups is 1. The molecular formula is C24H30ClNO4S2. The minimum Gasteiger partial charge on any atom is -0.481 e. The van der Waals surface area contributed by atoms with E-state index in [-0.39, 0.29) is 16.7 Å². The number of hydrogen-bond acceptors (Lipinski definition) is 4. The van der Waals surface area contributed by atoms with Gasteiger partial charge in [-0.2, -0.15) is 16.1 Å². The van der Waals surface area contributed by atoms with E-state index in [1.165, 1.54) is 16.4 Å². The lowest BCUT2D eigenvalue weighted by Gasteiger charge is -2.41. The highest BCUT2D eigenvalue weighted by atomic mass is 35.5. The Bertz CT molecular complexity index is 1010. The van der Waals surface area contributed by atoms with Gasteiger partial charge in [-0.15, -0.1) is 0 Å². The van der Waals surface area contributed by atoms with Gasteiger partial charge >= 0.3 is 5.97 Å². The summed E-state index contributed by atoms with van der Waals surface area (Å²) < 4.78 is 28.6. The van der Waals surface area contributed by atoms with Gasteiger partial charge in [-0.1, -0.05) is 61.2 Å². The Morgan fingerprint density at radius 1 is 1.12 bits per heavy atom. The number of aliphatic carboxylic acids is 1. The van der Waals surface area contributed by atoms with Crippen molar-refractivity contribution in [3.63, 3.8) is 0 Å². The van der Waals surface area contributed by atoms with Crippen LogP contribution in [0, 0.1) is 12.8 Å². The summed E-state index contributed by atoms with van der Waals surface area (Å²) in [4.78, 5) is 12.3. The molecule has 5 nitrogen and oxygen atoms in total. The van der Waals surface area contributed by atoms with Crippen molar-refractivity contribution in [1.82, 2.24) is 4.31 Å². The number of hydrogen-bond donors (Lipinski definition) is 1. The first-order valence-corrected chi connectivity index (χ1v) is 13.8. The Labute approximate surface area is 200 Å². The average molecular weight is 496 g/mol. The average Bonchev–Trinajstić information content (AvgIpc) is 2.77. The smallest absolute Gasteiger partial charge is 0.308 e. The fraction of sp³-hybridized carbons (Fsp3) is 0.458. The first-order valence-electron chi connectivity index (χ1n) is 10.9. The number of carboxylic acids is 1. The Morgan fingerprint density at radius 3 is 2.38 bits per heavy atom. The number of benzene rings is 2. The fourth-order valence-electron chi connectivity index (χ4n) is 4.05. The third-order valence-corrected chi connectivity index (χ3v) is 9.52. The summed E-state index contributed by atoms with van der Waals surface area (Å²) in [5.74, 6) is -0.825. The lowest BCUT2D eigenvalue weighted by atomic mass is 9.90. The summed E-state index contributed by atoms with van der Waals surface area (Å²) in [5.41, 5.74) is 1.97. The minimum absolute atomic E-state index is 0.0513. The number of sulfonamides is 1. The summed E-state index contributed by atoms with van der Waals surface area (Å²) in [6.45, 7) is 4.07. The molecule has 0 radical (unpaired) electrons. The van der Waals surface area contributed by atoms with Gasteiger partial charge in [-0.05, 0) is 55.3 Å². The van der Waals surface area contributed by atoms with Gasteiger partial charge in [0.25, 0.3) is 0 Å². The van der Waals surface area contributed by atoms with Crippen LogP contribution in [0.5, 0.6) is 0 Å². The van der Waals surface area contributed by atoms with Crippen LogP contribution < -0.4 is 0 Å². The lowest BCUT2D eigenvalue weighted by Crippen LogP contribution is -2.49. The third-order valence-electron chi connectivity index (χ3n) is 5.91. The minimum atomic E-state index is -3.90. The van der Waals surface area contributed by atoms with Crippen molar-refractivity contribution < 1.29 is 18.3 Å². The van der Waals surface area contributed by atoms with Gasteiger partial charge in [0.15, 0.2) is 0 Å². The molecule has 2 aromatic carbocycles. The molecule has 2 aromatic rings. The largest absolute Gasteiger partial charge is 0.481 e. The molecule has 1 heterocycles. The van der Waals surface area contributed by atoms with E-state index in [1.54, 1.807) is 23.9 Å². The van der Waals surface area contributed by atoms with Gasteiger partial charge in [0.1, 0.15) is 0 Å². The molecule has 1 fully saturated rings. The monoisotopic (exact) mass is 495 g/mol. The van der Waals surface area contributed by atoms with Crippen molar-refractivity contribution in [3.05, 3.63) is 64.7 Å². The summed E-state index contributed by atoms with van der Waals surface area (Å²) in [6, 6.07) is 13.5. The quantitative estimate of drug-likeness (QED) is 0.446. The molecule has 0 spiro atoms. The number of piperidine rings is 1. The standard InChI is InChI=1S/C24H30ClNO4S2/c1-3-4-5-14-31-23-15-22(18-8-6-17(2)7-9-18)26(16-21(23)24(27)28)32(29,30)20-12-10-19(25)11-13-20/h6-13,21-23H,3-5,14-16H2,1-2H3,(H,27,28)/t21-,22+,23-/m1/s1. The van der Waals surface area contributed by atoms with Crippen LogP contribution in [-0.4, -0.2) is 41.3 Å². The molecule has 8 heteroatoms. The summed E-state index contributed by atoms with van der Waals surface area (Å²) >= 11 is 7.62. The van der Waals surface area contributed by atoms with Gasteiger partial charge in [-0.25, -0.2) is 8.42 Å². The van der Waals surface area contributed by atoms with Crippen LogP contribution in [0.2, 0.25) is 5.02 Å². The number of rotatable bonds is 9. The topological polar surface area (TPSA) is 74.7 Å². The number of carboxylic acid groups (broad SMARTS) is 1. The molecule has 0 aliphatic carbocycles. The molecule has 1 N–H and O–H groups in total. The number of unbranched alkanes of at least 4 members (excludes halogenated alkanes) is 2. The van der Waals surface area contributed by atoms with Crippen molar-refractivity contribution in [3.8, 4) is 0 Å². The third kappa shape index (κ3) is 5.87. The predicted molar refractivity (Wildman–Crippen MR) is 131 cm³/mol.